The smallest absolute Gasteiger partial charge is 0.405 e. The van der Waals surface area contributed by atoms with Crippen molar-refractivity contribution >= 4 is 23.4 Å². The first kappa shape index (κ1) is 21.4. The van der Waals surface area contributed by atoms with Gasteiger partial charge >= 0.3 is 6.36 Å². The molecule has 0 atom stereocenters. The fourth-order valence-corrected chi connectivity index (χ4v) is 3.60. The number of benzene rings is 1. The van der Waals surface area contributed by atoms with Gasteiger partial charge in [-0.05, 0) is 44.1 Å². The van der Waals surface area contributed by atoms with E-state index >= 15 is 0 Å². The largest absolute Gasteiger partial charge is 0.573 e. The van der Waals surface area contributed by atoms with Crippen LogP contribution in [0.1, 0.15) is 36.9 Å². The van der Waals surface area contributed by atoms with Crippen LogP contribution in [0.15, 0.2) is 24.3 Å². The highest BCUT2D eigenvalue weighted by Gasteiger charge is 2.32. The van der Waals surface area contributed by atoms with Crippen molar-refractivity contribution in [1.29, 1.82) is 0 Å². The zero-order chi connectivity index (χ0) is 21.0. The van der Waals surface area contributed by atoms with Crippen LogP contribution in [0, 0.1) is 5.92 Å². The van der Waals surface area contributed by atoms with Crippen molar-refractivity contribution in [2.75, 3.05) is 11.1 Å². The van der Waals surface area contributed by atoms with Crippen LogP contribution in [0.3, 0.4) is 0 Å². The van der Waals surface area contributed by atoms with Crippen LogP contribution in [0.4, 0.5) is 24.9 Å². The molecule has 0 amide bonds. The summed E-state index contributed by atoms with van der Waals surface area (Å²) in [4.78, 5) is 8.54. The number of nitrogens with one attached hydrogen (secondary N) is 1. The maximum atomic E-state index is 12.6. The molecule has 2 aromatic rings. The van der Waals surface area contributed by atoms with E-state index in [0.717, 1.165) is 25.7 Å². The molecular formula is C19H23ClF3N5O. The minimum Gasteiger partial charge on any atom is -0.405 e. The topological polar surface area (TPSA) is 99.1 Å². The van der Waals surface area contributed by atoms with E-state index < -0.39 is 6.36 Å². The van der Waals surface area contributed by atoms with Crippen molar-refractivity contribution in [2.45, 2.75) is 51.1 Å². The summed E-state index contributed by atoms with van der Waals surface area (Å²) in [6, 6.07) is 6.11. The van der Waals surface area contributed by atoms with Gasteiger partial charge in [0.2, 0.25) is 5.95 Å². The van der Waals surface area contributed by atoms with Crippen LogP contribution in [0.5, 0.6) is 5.75 Å². The number of halogens is 4. The average Bonchev–Trinajstić information content (AvgIpc) is 2.65. The Bertz CT molecular complexity index is 841. The molecule has 0 spiro atoms. The molecule has 0 saturated heterocycles. The van der Waals surface area contributed by atoms with E-state index in [-0.39, 0.29) is 30.1 Å². The van der Waals surface area contributed by atoms with Crippen LogP contribution in [-0.2, 0) is 13.0 Å². The van der Waals surface area contributed by atoms with Crippen LogP contribution in [0.25, 0.3) is 0 Å². The van der Waals surface area contributed by atoms with Gasteiger partial charge in [-0.3, -0.25) is 0 Å². The number of ether oxygens (including phenoxy) is 1. The van der Waals surface area contributed by atoms with Gasteiger partial charge in [-0.2, -0.15) is 4.98 Å². The van der Waals surface area contributed by atoms with E-state index in [1.807, 2.05) is 0 Å². The van der Waals surface area contributed by atoms with Gasteiger partial charge in [0.05, 0.1) is 5.69 Å². The zero-order valence-corrected chi connectivity index (χ0v) is 16.4. The third-order valence-corrected chi connectivity index (χ3v) is 5.37. The fraction of sp³-hybridized carbons (Fsp3) is 0.474. The molecule has 5 N–H and O–H groups in total. The lowest BCUT2D eigenvalue weighted by Crippen LogP contribution is -2.27. The Morgan fingerprint density at radius 1 is 1.14 bits per heavy atom. The quantitative estimate of drug-likeness (QED) is 0.633. The van der Waals surface area contributed by atoms with Crippen LogP contribution >= 0.6 is 11.6 Å². The molecule has 1 aliphatic rings. The Morgan fingerprint density at radius 2 is 1.83 bits per heavy atom. The molecule has 10 heteroatoms. The highest BCUT2D eigenvalue weighted by molar-refractivity contribution is 6.33. The van der Waals surface area contributed by atoms with Crippen molar-refractivity contribution in [2.24, 2.45) is 11.7 Å². The SMILES string of the molecule is Nc1nc(NCc2ccccc2OC(F)(F)F)nc(CC2CCC(N)CC2)c1Cl. The Hall–Kier alpha value is -2.26. The van der Waals surface area contributed by atoms with Crippen molar-refractivity contribution in [3.05, 3.63) is 40.5 Å². The van der Waals surface area contributed by atoms with Gasteiger partial charge in [0.1, 0.15) is 16.6 Å². The maximum absolute atomic E-state index is 12.6. The van der Waals surface area contributed by atoms with E-state index in [0.29, 0.717) is 28.6 Å². The molecule has 1 heterocycles. The number of para-hydroxylation sites is 1. The van der Waals surface area contributed by atoms with E-state index in [1.54, 1.807) is 6.07 Å². The third kappa shape index (κ3) is 6.11. The molecule has 3 rings (SSSR count). The summed E-state index contributed by atoms with van der Waals surface area (Å²) >= 11 is 6.28. The van der Waals surface area contributed by atoms with Crippen LogP contribution in [-0.4, -0.2) is 22.4 Å². The number of nitrogens with two attached hydrogens (primary N) is 2. The molecule has 158 valence electrons. The van der Waals surface area contributed by atoms with E-state index in [2.05, 4.69) is 20.0 Å². The summed E-state index contributed by atoms with van der Waals surface area (Å²) in [5.41, 5.74) is 12.8. The molecule has 1 aromatic carbocycles. The average molecular weight is 430 g/mol. The van der Waals surface area contributed by atoms with Gasteiger partial charge in [-0.25, -0.2) is 4.98 Å². The number of anilines is 2. The first-order chi connectivity index (χ1) is 13.7. The summed E-state index contributed by atoms with van der Waals surface area (Å²) in [6.07, 6.45) is -0.208. The zero-order valence-electron chi connectivity index (χ0n) is 15.7. The second-order valence-corrected chi connectivity index (χ2v) is 7.57. The standard InChI is InChI=1S/C19H23ClF3N5O/c20-16-14(9-11-5-7-13(24)8-6-11)27-18(28-17(16)25)26-10-12-3-1-2-4-15(12)29-19(21,22)23/h1-4,11,13H,5-10,24H2,(H3,25,26,27,28). The first-order valence-electron chi connectivity index (χ1n) is 9.36. The number of rotatable bonds is 6. The van der Waals surface area contributed by atoms with Gasteiger partial charge in [-0.1, -0.05) is 29.8 Å². The number of nitrogens with zero attached hydrogens (tertiary/aromatic N) is 2. The van der Waals surface area contributed by atoms with E-state index in [4.69, 9.17) is 23.1 Å². The molecule has 6 nitrogen and oxygen atoms in total. The second kappa shape index (κ2) is 9.04. The lowest BCUT2D eigenvalue weighted by Gasteiger charge is -2.26. The summed E-state index contributed by atoms with van der Waals surface area (Å²) < 4.78 is 41.8. The van der Waals surface area contributed by atoms with Crippen molar-refractivity contribution < 1.29 is 17.9 Å². The monoisotopic (exact) mass is 429 g/mol. The van der Waals surface area contributed by atoms with E-state index in [9.17, 15) is 13.2 Å². The predicted molar refractivity (Wildman–Crippen MR) is 106 cm³/mol. The predicted octanol–water partition coefficient (Wildman–Crippen LogP) is 4.28. The number of alkyl halides is 3. The van der Waals surface area contributed by atoms with Crippen LogP contribution < -0.4 is 21.5 Å². The maximum Gasteiger partial charge on any atom is 0.573 e. The molecule has 0 radical (unpaired) electrons. The summed E-state index contributed by atoms with van der Waals surface area (Å²) in [5.74, 6) is 0.464. The van der Waals surface area contributed by atoms with Crippen molar-refractivity contribution in [1.82, 2.24) is 9.97 Å². The summed E-state index contributed by atoms with van der Waals surface area (Å²) in [7, 11) is 0. The van der Waals surface area contributed by atoms with Gasteiger partial charge in [0.15, 0.2) is 0 Å². The molecule has 1 aliphatic carbocycles. The Morgan fingerprint density at radius 3 is 2.52 bits per heavy atom. The molecule has 29 heavy (non-hydrogen) atoms. The highest BCUT2D eigenvalue weighted by Crippen LogP contribution is 2.31. The Labute approximate surface area is 171 Å². The third-order valence-electron chi connectivity index (χ3n) is 4.95. The van der Waals surface area contributed by atoms with Gasteiger partial charge < -0.3 is 21.5 Å². The minimum absolute atomic E-state index is 0.0328. The number of aromatic nitrogens is 2. The lowest BCUT2D eigenvalue weighted by molar-refractivity contribution is -0.274. The molecule has 1 aromatic heterocycles. The van der Waals surface area contributed by atoms with Crippen molar-refractivity contribution in [3.63, 3.8) is 0 Å². The molecule has 1 saturated carbocycles. The number of hydrogen-bond acceptors (Lipinski definition) is 6. The lowest BCUT2D eigenvalue weighted by atomic mass is 9.84. The number of nitrogen functional groups attached to an aromatic ring is 1. The second-order valence-electron chi connectivity index (χ2n) is 7.19. The molecule has 0 unspecified atom stereocenters. The highest BCUT2D eigenvalue weighted by atomic mass is 35.5. The number of hydrogen-bond donors (Lipinski definition) is 3. The summed E-state index contributed by atoms with van der Waals surface area (Å²) in [6.45, 7) is 0.0328. The Balaban J connectivity index is 1.71. The fourth-order valence-electron chi connectivity index (χ4n) is 3.44. The Kier molecular flexibility index (Phi) is 6.69. The van der Waals surface area contributed by atoms with Crippen molar-refractivity contribution in [3.8, 4) is 5.75 Å². The van der Waals surface area contributed by atoms with E-state index in [1.165, 1.54) is 18.2 Å². The summed E-state index contributed by atoms with van der Waals surface area (Å²) in [5, 5.41) is 3.22. The first-order valence-corrected chi connectivity index (χ1v) is 9.74. The van der Waals surface area contributed by atoms with Gasteiger partial charge in [-0.15, -0.1) is 13.2 Å². The molecular weight excluding hydrogens is 407 g/mol. The molecule has 0 aliphatic heterocycles. The van der Waals surface area contributed by atoms with Gasteiger partial charge in [0.25, 0.3) is 0 Å². The molecule has 1 fully saturated rings. The normalized spacial score (nSPS) is 19.8. The van der Waals surface area contributed by atoms with Crippen LogP contribution in [0.2, 0.25) is 5.02 Å². The minimum atomic E-state index is -4.77. The molecule has 0 bridgehead atoms. The van der Waals surface area contributed by atoms with Gasteiger partial charge in [0, 0.05) is 18.2 Å².